The standard InChI is InChI=1S/C18H26N2OS/c1-13-3-5-17(6-4-13)22-14(2)18(21)20-9-7-15-11-19-12-16(15)8-10-20/h3-6,14-16,19H,7-12H2,1-2H3/t14?,15-,16+. The maximum Gasteiger partial charge on any atom is 0.235 e. The second-order valence-electron chi connectivity index (χ2n) is 6.65. The molecule has 1 unspecified atom stereocenters. The number of hydrogen-bond acceptors (Lipinski definition) is 3. The largest absolute Gasteiger partial charge is 0.342 e. The topological polar surface area (TPSA) is 32.3 Å². The highest BCUT2D eigenvalue weighted by Crippen LogP contribution is 2.29. The van der Waals surface area contributed by atoms with E-state index in [1.807, 2.05) is 6.92 Å². The van der Waals surface area contributed by atoms with Crippen LogP contribution in [0, 0.1) is 18.8 Å². The van der Waals surface area contributed by atoms with Gasteiger partial charge in [-0.15, -0.1) is 11.8 Å². The number of rotatable bonds is 3. The van der Waals surface area contributed by atoms with Gasteiger partial charge in [-0.25, -0.2) is 0 Å². The van der Waals surface area contributed by atoms with Gasteiger partial charge in [0.15, 0.2) is 0 Å². The molecule has 0 spiro atoms. The first kappa shape index (κ1) is 15.9. The van der Waals surface area contributed by atoms with Gasteiger partial charge in [-0.3, -0.25) is 4.79 Å². The summed E-state index contributed by atoms with van der Waals surface area (Å²) in [5.41, 5.74) is 1.26. The maximum absolute atomic E-state index is 12.7. The Morgan fingerprint density at radius 1 is 1.18 bits per heavy atom. The van der Waals surface area contributed by atoms with Crippen LogP contribution < -0.4 is 5.32 Å². The lowest BCUT2D eigenvalue weighted by Gasteiger charge is -2.24. The van der Waals surface area contributed by atoms with Crippen LogP contribution in [-0.4, -0.2) is 42.2 Å². The van der Waals surface area contributed by atoms with E-state index in [4.69, 9.17) is 0 Å². The monoisotopic (exact) mass is 318 g/mol. The molecule has 2 saturated heterocycles. The Balaban J connectivity index is 1.57. The van der Waals surface area contributed by atoms with Gasteiger partial charge < -0.3 is 10.2 Å². The predicted molar refractivity (Wildman–Crippen MR) is 92.2 cm³/mol. The van der Waals surface area contributed by atoms with E-state index >= 15 is 0 Å². The molecule has 120 valence electrons. The Hall–Kier alpha value is -1.00. The van der Waals surface area contributed by atoms with Crippen LogP contribution in [0.15, 0.2) is 29.2 Å². The van der Waals surface area contributed by atoms with E-state index in [1.165, 1.54) is 10.5 Å². The molecule has 0 saturated carbocycles. The molecular weight excluding hydrogens is 292 g/mol. The minimum Gasteiger partial charge on any atom is -0.342 e. The summed E-state index contributed by atoms with van der Waals surface area (Å²) in [6, 6.07) is 8.45. The van der Waals surface area contributed by atoms with Crippen molar-refractivity contribution in [1.82, 2.24) is 10.2 Å². The van der Waals surface area contributed by atoms with Gasteiger partial charge in [0.25, 0.3) is 0 Å². The lowest BCUT2D eigenvalue weighted by atomic mass is 9.92. The van der Waals surface area contributed by atoms with Crippen LogP contribution in [0.5, 0.6) is 0 Å². The molecule has 1 amide bonds. The summed E-state index contributed by atoms with van der Waals surface area (Å²) in [5.74, 6) is 1.86. The number of thioether (sulfide) groups is 1. The number of benzene rings is 1. The number of nitrogens with zero attached hydrogens (tertiary/aromatic N) is 1. The highest BCUT2D eigenvalue weighted by molar-refractivity contribution is 8.00. The molecule has 2 fully saturated rings. The van der Waals surface area contributed by atoms with E-state index in [1.54, 1.807) is 11.8 Å². The Bertz CT molecular complexity index is 502. The average Bonchev–Trinajstić information content (AvgIpc) is 2.87. The molecule has 0 radical (unpaired) electrons. The van der Waals surface area contributed by atoms with Crippen molar-refractivity contribution in [3.05, 3.63) is 29.8 Å². The molecule has 0 bridgehead atoms. The van der Waals surface area contributed by atoms with Crippen LogP contribution in [0.3, 0.4) is 0 Å². The van der Waals surface area contributed by atoms with E-state index in [0.717, 1.165) is 50.9 Å². The molecule has 2 heterocycles. The van der Waals surface area contributed by atoms with E-state index < -0.39 is 0 Å². The summed E-state index contributed by atoms with van der Waals surface area (Å²) < 4.78 is 0. The number of carbonyl (C=O) groups is 1. The molecule has 3 rings (SSSR count). The van der Waals surface area contributed by atoms with Crippen molar-refractivity contribution in [2.45, 2.75) is 36.8 Å². The molecule has 3 nitrogen and oxygen atoms in total. The molecule has 0 aromatic heterocycles. The number of likely N-dealkylation sites (tertiary alicyclic amines) is 1. The molecule has 4 heteroatoms. The van der Waals surface area contributed by atoms with Gasteiger partial charge in [0.2, 0.25) is 5.91 Å². The van der Waals surface area contributed by atoms with Gasteiger partial charge in [0, 0.05) is 18.0 Å². The van der Waals surface area contributed by atoms with Gasteiger partial charge in [-0.05, 0) is 63.7 Å². The zero-order valence-electron chi connectivity index (χ0n) is 13.5. The van der Waals surface area contributed by atoms with Crippen molar-refractivity contribution in [2.24, 2.45) is 11.8 Å². The summed E-state index contributed by atoms with van der Waals surface area (Å²) in [6.07, 6.45) is 2.32. The highest BCUT2D eigenvalue weighted by atomic mass is 32.2. The number of fused-ring (bicyclic) bond motifs is 1. The van der Waals surface area contributed by atoms with Crippen LogP contribution in [0.4, 0.5) is 0 Å². The first-order valence-electron chi connectivity index (χ1n) is 8.36. The molecule has 0 aliphatic carbocycles. The molecule has 2 aliphatic heterocycles. The number of nitrogens with one attached hydrogen (secondary N) is 1. The fraction of sp³-hybridized carbons (Fsp3) is 0.611. The number of aryl methyl sites for hydroxylation is 1. The van der Waals surface area contributed by atoms with Gasteiger partial charge in [0.05, 0.1) is 5.25 Å². The van der Waals surface area contributed by atoms with E-state index in [2.05, 4.69) is 41.4 Å². The Morgan fingerprint density at radius 2 is 1.77 bits per heavy atom. The fourth-order valence-corrected chi connectivity index (χ4v) is 4.52. The number of amides is 1. The van der Waals surface area contributed by atoms with Crippen LogP contribution in [0.25, 0.3) is 0 Å². The lowest BCUT2D eigenvalue weighted by molar-refractivity contribution is -0.130. The Morgan fingerprint density at radius 3 is 2.36 bits per heavy atom. The van der Waals surface area contributed by atoms with Gasteiger partial charge in [0.1, 0.15) is 0 Å². The minimum absolute atomic E-state index is 0.00114. The van der Waals surface area contributed by atoms with Crippen molar-refractivity contribution in [1.29, 1.82) is 0 Å². The molecule has 1 aromatic rings. The quantitative estimate of drug-likeness (QED) is 0.870. The summed E-state index contributed by atoms with van der Waals surface area (Å²) in [6.45, 7) is 8.27. The fourth-order valence-electron chi connectivity index (χ4n) is 3.57. The van der Waals surface area contributed by atoms with Crippen molar-refractivity contribution in [3.63, 3.8) is 0 Å². The van der Waals surface area contributed by atoms with Crippen LogP contribution in [-0.2, 0) is 4.79 Å². The third-order valence-corrected chi connectivity index (χ3v) is 6.11. The molecule has 22 heavy (non-hydrogen) atoms. The van der Waals surface area contributed by atoms with Gasteiger partial charge >= 0.3 is 0 Å². The van der Waals surface area contributed by atoms with Crippen molar-refractivity contribution in [3.8, 4) is 0 Å². The SMILES string of the molecule is Cc1ccc(SC(C)C(=O)N2CC[C@@H]3CNC[C@@H]3CC2)cc1. The Kier molecular flexibility index (Phi) is 5.09. The molecule has 1 N–H and O–H groups in total. The number of hydrogen-bond donors (Lipinski definition) is 1. The molecule has 3 atom stereocenters. The smallest absolute Gasteiger partial charge is 0.235 e. The van der Waals surface area contributed by atoms with Gasteiger partial charge in [-0.1, -0.05) is 17.7 Å². The van der Waals surface area contributed by atoms with E-state index in [-0.39, 0.29) is 5.25 Å². The summed E-state index contributed by atoms with van der Waals surface area (Å²) in [4.78, 5) is 16.0. The van der Waals surface area contributed by atoms with Crippen molar-refractivity contribution in [2.75, 3.05) is 26.2 Å². The summed E-state index contributed by atoms with van der Waals surface area (Å²) in [5, 5.41) is 3.49. The first-order valence-corrected chi connectivity index (χ1v) is 9.24. The van der Waals surface area contributed by atoms with Crippen molar-refractivity contribution >= 4 is 17.7 Å². The summed E-state index contributed by atoms with van der Waals surface area (Å²) in [7, 11) is 0. The minimum atomic E-state index is -0.00114. The van der Waals surface area contributed by atoms with Crippen LogP contribution in [0.2, 0.25) is 0 Å². The lowest BCUT2D eigenvalue weighted by Crippen LogP contribution is -2.37. The molecular formula is C18H26N2OS. The average molecular weight is 318 g/mol. The zero-order chi connectivity index (χ0) is 15.5. The molecule has 1 aromatic carbocycles. The number of carbonyl (C=O) groups excluding carboxylic acids is 1. The Labute approximate surface area is 137 Å². The van der Waals surface area contributed by atoms with Crippen LogP contribution in [0.1, 0.15) is 25.3 Å². The summed E-state index contributed by atoms with van der Waals surface area (Å²) >= 11 is 1.68. The third kappa shape index (κ3) is 3.66. The van der Waals surface area contributed by atoms with E-state index in [0.29, 0.717) is 5.91 Å². The highest BCUT2D eigenvalue weighted by Gasteiger charge is 2.32. The van der Waals surface area contributed by atoms with Gasteiger partial charge in [-0.2, -0.15) is 0 Å². The van der Waals surface area contributed by atoms with E-state index in [9.17, 15) is 4.79 Å². The third-order valence-electron chi connectivity index (χ3n) is 5.01. The molecule has 2 aliphatic rings. The normalized spacial score (nSPS) is 26.4. The maximum atomic E-state index is 12.7. The zero-order valence-corrected chi connectivity index (χ0v) is 14.4. The van der Waals surface area contributed by atoms with Crippen molar-refractivity contribution < 1.29 is 4.79 Å². The second-order valence-corrected chi connectivity index (χ2v) is 8.07. The predicted octanol–water partition coefficient (Wildman–Crippen LogP) is 2.93. The first-order chi connectivity index (χ1) is 10.6. The second kappa shape index (κ2) is 7.05. The van der Waals surface area contributed by atoms with Crippen LogP contribution >= 0.6 is 11.8 Å².